The van der Waals surface area contributed by atoms with Gasteiger partial charge < -0.3 is 20.8 Å². The molecule has 1 aromatic rings. The summed E-state index contributed by atoms with van der Waals surface area (Å²) in [5.41, 5.74) is -0.336. The lowest BCUT2D eigenvalue weighted by atomic mass is 10.1. The van der Waals surface area contributed by atoms with E-state index in [9.17, 15) is 32.1 Å². The number of hydrogen-bond acceptors (Lipinski definition) is 11. The van der Waals surface area contributed by atoms with E-state index < -0.39 is 39.4 Å². The highest BCUT2D eigenvalue weighted by atomic mass is 35.5. The third-order valence-electron chi connectivity index (χ3n) is 3.67. The van der Waals surface area contributed by atoms with E-state index in [1.807, 2.05) is 0 Å². The second kappa shape index (κ2) is 11.4. The van der Waals surface area contributed by atoms with Crippen molar-refractivity contribution in [3.63, 3.8) is 0 Å². The van der Waals surface area contributed by atoms with E-state index in [2.05, 4.69) is 30.9 Å². The second-order valence-corrected chi connectivity index (χ2v) is 9.38. The summed E-state index contributed by atoms with van der Waals surface area (Å²) >= 11 is 7.30. The Morgan fingerprint density at radius 1 is 1.50 bits per heavy atom. The van der Waals surface area contributed by atoms with Crippen molar-refractivity contribution in [3.05, 3.63) is 11.1 Å². The summed E-state index contributed by atoms with van der Waals surface area (Å²) < 4.78 is 32.5. The SMILES string of the molecule is CO/N=C(\C(=O)NC1C(=O)N(S(=O)(=O)O)C1SCCNC=O)c1csc(NC(=O)CCl)n1. The van der Waals surface area contributed by atoms with Gasteiger partial charge in [-0.2, -0.15) is 12.7 Å². The lowest BCUT2D eigenvalue weighted by Gasteiger charge is -2.43. The fourth-order valence-corrected chi connectivity index (χ4v) is 5.48. The Morgan fingerprint density at radius 2 is 2.22 bits per heavy atom. The van der Waals surface area contributed by atoms with Gasteiger partial charge in [0.25, 0.3) is 11.8 Å². The molecule has 1 aliphatic heterocycles. The Labute approximate surface area is 195 Å². The van der Waals surface area contributed by atoms with E-state index in [0.717, 1.165) is 23.1 Å². The molecule has 1 saturated heterocycles. The van der Waals surface area contributed by atoms with Crippen LogP contribution >= 0.6 is 34.7 Å². The van der Waals surface area contributed by atoms with Crippen LogP contribution in [0.1, 0.15) is 5.69 Å². The number of amides is 4. The quantitative estimate of drug-likeness (QED) is 0.0476. The van der Waals surface area contributed by atoms with Crippen LogP contribution in [0.15, 0.2) is 10.5 Å². The number of alkyl halides is 1. The number of halogens is 1. The standard InChI is InChI=1S/C14H17ClN6O8S3/c1-29-20-9(7-5-31-14(17-7)18-8(23)4-15)11(24)19-10-12(25)21(32(26,27)28)13(10)30-3-2-16-6-22/h5-6,10,13H,2-4H2,1H3,(H,16,22)(H,19,24)(H,17,18,23)(H,26,27,28)/b20-9-. The van der Waals surface area contributed by atoms with E-state index in [4.69, 9.17) is 11.6 Å². The van der Waals surface area contributed by atoms with E-state index in [-0.39, 0.29) is 39.0 Å². The Bertz CT molecular complexity index is 1020. The molecule has 1 aliphatic rings. The third kappa shape index (κ3) is 6.28. The maximum atomic E-state index is 12.7. The fourth-order valence-electron chi connectivity index (χ4n) is 2.38. The van der Waals surface area contributed by atoms with Crippen LogP contribution in [0.25, 0.3) is 0 Å². The van der Waals surface area contributed by atoms with Gasteiger partial charge in [-0.25, -0.2) is 4.98 Å². The highest BCUT2D eigenvalue weighted by molar-refractivity contribution is 8.00. The average Bonchev–Trinajstić information content (AvgIpc) is 3.18. The van der Waals surface area contributed by atoms with Crippen molar-refractivity contribution in [2.24, 2.45) is 5.16 Å². The molecule has 1 fully saturated rings. The molecule has 0 aliphatic carbocycles. The molecular formula is C14H17ClN6O8S3. The number of nitrogens with one attached hydrogen (secondary N) is 3. The zero-order valence-electron chi connectivity index (χ0n) is 16.2. The summed E-state index contributed by atoms with van der Waals surface area (Å²) in [7, 11) is -3.69. The zero-order chi connectivity index (χ0) is 23.9. The molecule has 4 N–H and O–H groups in total. The molecule has 32 heavy (non-hydrogen) atoms. The smallest absolute Gasteiger partial charge is 0.363 e. The molecule has 2 heterocycles. The van der Waals surface area contributed by atoms with Gasteiger partial charge in [-0.05, 0) is 0 Å². The summed E-state index contributed by atoms with van der Waals surface area (Å²) in [6.45, 7) is 0.158. The molecule has 4 amide bonds. The van der Waals surface area contributed by atoms with E-state index in [1.165, 1.54) is 12.5 Å². The fraction of sp³-hybridized carbons (Fsp3) is 0.429. The molecule has 2 atom stereocenters. The van der Waals surface area contributed by atoms with Crippen LogP contribution in [0.3, 0.4) is 0 Å². The van der Waals surface area contributed by atoms with Crippen molar-refractivity contribution in [3.8, 4) is 0 Å². The second-order valence-electron chi connectivity index (χ2n) is 5.74. The number of aromatic nitrogens is 1. The first-order valence-electron chi connectivity index (χ1n) is 8.47. The van der Waals surface area contributed by atoms with Gasteiger partial charge in [0.2, 0.25) is 12.3 Å². The summed E-state index contributed by atoms with van der Waals surface area (Å²) in [5.74, 6) is -2.62. The Hall–Kier alpha value is -2.47. The molecule has 0 radical (unpaired) electrons. The molecule has 18 heteroatoms. The summed E-state index contributed by atoms with van der Waals surface area (Å²) in [6.07, 6.45) is 0.442. The molecular weight excluding hydrogens is 512 g/mol. The van der Waals surface area contributed by atoms with Crippen molar-refractivity contribution >= 4 is 80.0 Å². The molecule has 2 unspecified atom stereocenters. The Balaban J connectivity index is 2.17. The molecule has 1 aromatic heterocycles. The normalized spacial score (nSPS) is 18.5. The topological polar surface area (TPSA) is 196 Å². The Morgan fingerprint density at radius 3 is 2.81 bits per heavy atom. The average molecular weight is 529 g/mol. The van der Waals surface area contributed by atoms with E-state index in [0.29, 0.717) is 6.41 Å². The number of nitrogens with zero attached hydrogens (tertiary/aromatic N) is 3. The number of carbonyl (C=O) groups excluding carboxylic acids is 4. The predicted octanol–water partition coefficient (Wildman–Crippen LogP) is -1.39. The monoisotopic (exact) mass is 528 g/mol. The van der Waals surface area contributed by atoms with Crippen LogP contribution < -0.4 is 16.0 Å². The van der Waals surface area contributed by atoms with E-state index >= 15 is 0 Å². The summed E-state index contributed by atoms with van der Waals surface area (Å²) in [4.78, 5) is 55.4. The lowest BCUT2D eigenvalue weighted by molar-refractivity contribution is -0.141. The Kier molecular flexibility index (Phi) is 9.20. The molecule has 0 aromatic carbocycles. The van der Waals surface area contributed by atoms with Gasteiger partial charge in [0.1, 0.15) is 30.1 Å². The lowest BCUT2D eigenvalue weighted by Crippen LogP contribution is -2.71. The van der Waals surface area contributed by atoms with Crippen molar-refractivity contribution in [1.29, 1.82) is 0 Å². The third-order valence-corrected chi connectivity index (χ3v) is 6.97. The van der Waals surface area contributed by atoms with Crippen molar-refractivity contribution in [2.75, 3.05) is 30.6 Å². The van der Waals surface area contributed by atoms with Crippen LogP contribution in [-0.2, 0) is 34.3 Å². The number of carbonyl (C=O) groups is 4. The van der Waals surface area contributed by atoms with Gasteiger partial charge in [0, 0.05) is 17.7 Å². The largest absolute Gasteiger partial charge is 0.398 e. The first-order valence-corrected chi connectivity index (χ1v) is 12.3. The first-order chi connectivity index (χ1) is 15.1. The van der Waals surface area contributed by atoms with Gasteiger partial charge in [-0.15, -0.1) is 34.7 Å². The molecule has 0 spiro atoms. The molecule has 0 saturated carbocycles. The number of thioether (sulfide) groups is 1. The number of anilines is 1. The van der Waals surface area contributed by atoms with Crippen LogP contribution in [0, 0.1) is 0 Å². The predicted molar refractivity (Wildman–Crippen MR) is 116 cm³/mol. The van der Waals surface area contributed by atoms with Gasteiger partial charge in [-0.3, -0.25) is 23.7 Å². The van der Waals surface area contributed by atoms with Crippen LogP contribution in [0.4, 0.5) is 5.13 Å². The number of rotatable bonds is 12. The van der Waals surface area contributed by atoms with Crippen molar-refractivity contribution in [2.45, 2.75) is 11.4 Å². The van der Waals surface area contributed by atoms with E-state index in [1.54, 1.807) is 0 Å². The van der Waals surface area contributed by atoms with Gasteiger partial charge >= 0.3 is 10.3 Å². The number of β-lactam (4-membered cyclic amide) rings is 1. The minimum absolute atomic E-state index is 0.0111. The molecule has 176 valence electrons. The van der Waals surface area contributed by atoms with Gasteiger partial charge in [0.15, 0.2) is 10.8 Å². The number of hydrogen-bond donors (Lipinski definition) is 4. The minimum Gasteiger partial charge on any atom is -0.398 e. The van der Waals surface area contributed by atoms with Gasteiger partial charge in [-0.1, -0.05) is 5.16 Å². The van der Waals surface area contributed by atoms with Crippen molar-refractivity contribution in [1.82, 2.24) is 19.9 Å². The molecule has 14 nitrogen and oxygen atoms in total. The maximum Gasteiger partial charge on any atom is 0.363 e. The van der Waals surface area contributed by atoms with Crippen molar-refractivity contribution < 1.29 is 37.0 Å². The van der Waals surface area contributed by atoms with Crippen LogP contribution in [0.5, 0.6) is 0 Å². The van der Waals surface area contributed by atoms with Crippen LogP contribution in [0.2, 0.25) is 0 Å². The number of thiazole rings is 1. The van der Waals surface area contributed by atoms with Gasteiger partial charge in [0.05, 0.1) is 0 Å². The number of oxime groups is 1. The minimum atomic E-state index is -4.86. The highest BCUT2D eigenvalue weighted by Crippen LogP contribution is 2.32. The molecule has 2 rings (SSSR count). The first kappa shape index (κ1) is 25.8. The highest BCUT2D eigenvalue weighted by Gasteiger charge is 2.54. The summed E-state index contributed by atoms with van der Waals surface area (Å²) in [6, 6.07) is -1.32. The maximum absolute atomic E-state index is 12.7. The van der Waals surface area contributed by atoms with Crippen LogP contribution in [-0.4, -0.2) is 88.8 Å². The molecule has 0 bridgehead atoms. The zero-order valence-corrected chi connectivity index (χ0v) is 19.4. The summed E-state index contributed by atoms with van der Waals surface area (Å²) in [5, 5.41) is 11.1.